The van der Waals surface area contributed by atoms with Crippen molar-refractivity contribution in [3.8, 4) is 17.6 Å². The molecule has 24 heavy (non-hydrogen) atoms. The molecular formula is C19H22O5. The van der Waals surface area contributed by atoms with Crippen molar-refractivity contribution in [3.05, 3.63) is 42.5 Å². The van der Waals surface area contributed by atoms with E-state index in [0.29, 0.717) is 6.42 Å². The van der Waals surface area contributed by atoms with Crippen LogP contribution < -0.4 is 4.74 Å². The molecule has 0 bridgehead atoms. The van der Waals surface area contributed by atoms with Crippen molar-refractivity contribution in [3.63, 3.8) is 0 Å². The van der Waals surface area contributed by atoms with Gasteiger partial charge >= 0.3 is 11.9 Å². The lowest BCUT2D eigenvalue weighted by atomic mass is 9.80. The van der Waals surface area contributed by atoms with E-state index in [1.165, 1.54) is 14.2 Å². The van der Waals surface area contributed by atoms with Crippen molar-refractivity contribution in [1.82, 2.24) is 0 Å². The zero-order valence-electron chi connectivity index (χ0n) is 14.3. The fourth-order valence-electron chi connectivity index (χ4n) is 2.23. The Hall–Kier alpha value is -2.74. The third-order valence-electron chi connectivity index (χ3n) is 3.64. The van der Waals surface area contributed by atoms with E-state index < -0.39 is 17.4 Å². The number of ether oxygens (including phenoxy) is 3. The minimum Gasteiger partial charge on any atom is -0.497 e. The SMILES string of the molecule is C=CCCC(CC#Cc1ccc(OC)cc1)(C(=O)OC)C(=O)OC. The average molecular weight is 330 g/mol. The van der Waals surface area contributed by atoms with E-state index in [4.69, 9.17) is 14.2 Å². The largest absolute Gasteiger partial charge is 0.497 e. The predicted octanol–water partition coefficient (Wildman–Crippen LogP) is 2.74. The Kier molecular flexibility index (Phi) is 7.57. The minimum absolute atomic E-state index is 0.00617. The summed E-state index contributed by atoms with van der Waals surface area (Å²) in [5, 5.41) is 0. The third kappa shape index (κ3) is 4.63. The van der Waals surface area contributed by atoms with Crippen molar-refractivity contribution in [2.24, 2.45) is 5.41 Å². The van der Waals surface area contributed by atoms with Crippen LogP contribution in [0, 0.1) is 17.3 Å². The molecule has 5 heteroatoms. The van der Waals surface area contributed by atoms with Crippen LogP contribution in [0.3, 0.4) is 0 Å². The summed E-state index contributed by atoms with van der Waals surface area (Å²) >= 11 is 0. The second-order valence-electron chi connectivity index (χ2n) is 5.10. The van der Waals surface area contributed by atoms with Gasteiger partial charge in [0.2, 0.25) is 0 Å². The van der Waals surface area contributed by atoms with Gasteiger partial charge < -0.3 is 14.2 Å². The Morgan fingerprint density at radius 2 is 1.71 bits per heavy atom. The number of allylic oxidation sites excluding steroid dienone is 1. The number of carbonyl (C=O) groups is 2. The molecule has 0 N–H and O–H groups in total. The molecule has 0 heterocycles. The standard InChI is InChI=1S/C19H22O5/c1-5-6-13-19(17(20)23-3,18(21)24-4)14-7-8-15-9-11-16(22-2)12-10-15/h5,9-12H,1,6,13-14H2,2-4H3. The number of hydrogen-bond acceptors (Lipinski definition) is 5. The summed E-state index contributed by atoms with van der Waals surface area (Å²) in [7, 11) is 4.07. The lowest BCUT2D eigenvalue weighted by Crippen LogP contribution is -2.41. The molecule has 128 valence electrons. The Bertz CT molecular complexity index is 618. The molecule has 0 aliphatic heterocycles. The summed E-state index contributed by atoms with van der Waals surface area (Å²) in [5.41, 5.74) is -0.694. The van der Waals surface area contributed by atoms with Crippen LogP contribution in [0.25, 0.3) is 0 Å². The van der Waals surface area contributed by atoms with Gasteiger partial charge in [0.25, 0.3) is 0 Å². The smallest absolute Gasteiger partial charge is 0.324 e. The highest BCUT2D eigenvalue weighted by Gasteiger charge is 2.47. The highest BCUT2D eigenvalue weighted by Crippen LogP contribution is 2.31. The first kappa shape index (κ1) is 19.3. The summed E-state index contributed by atoms with van der Waals surface area (Å²) in [6.45, 7) is 3.63. The number of benzene rings is 1. The minimum atomic E-state index is -1.45. The van der Waals surface area contributed by atoms with E-state index in [1.807, 2.05) is 0 Å². The molecule has 0 amide bonds. The lowest BCUT2D eigenvalue weighted by molar-refractivity contribution is -0.169. The molecule has 0 unspecified atom stereocenters. The van der Waals surface area contributed by atoms with Gasteiger partial charge in [-0.05, 0) is 37.1 Å². The molecule has 0 fully saturated rings. The van der Waals surface area contributed by atoms with E-state index in [9.17, 15) is 9.59 Å². The van der Waals surface area contributed by atoms with Crippen LogP contribution in [0.2, 0.25) is 0 Å². The van der Waals surface area contributed by atoms with Gasteiger partial charge in [0.1, 0.15) is 5.75 Å². The molecular weight excluding hydrogens is 308 g/mol. The quantitative estimate of drug-likeness (QED) is 0.333. The van der Waals surface area contributed by atoms with Crippen LogP contribution in [-0.4, -0.2) is 33.3 Å². The summed E-state index contributed by atoms with van der Waals surface area (Å²) in [5.74, 6) is 5.25. The lowest BCUT2D eigenvalue weighted by Gasteiger charge is -2.25. The Balaban J connectivity index is 3.07. The Labute approximate surface area is 142 Å². The van der Waals surface area contributed by atoms with Crippen LogP contribution in [0.1, 0.15) is 24.8 Å². The van der Waals surface area contributed by atoms with E-state index >= 15 is 0 Å². The van der Waals surface area contributed by atoms with Crippen molar-refractivity contribution in [1.29, 1.82) is 0 Å². The second-order valence-corrected chi connectivity index (χ2v) is 5.10. The maximum atomic E-state index is 12.2. The molecule has 1 rings (SSSR count). The molecule has 0 saturated carbocycles. The fraction of sp³-hybridized carbons (Fsp3) is 0.368. The maximum Gasteiger partial charge on any atom is 0.324 e. The molecule has 0 radical (unpaired) electrons. The highest BCUT2D eigenvalue weighted by atomic mass is 16.5. The van der Waals surface area contributed by atoms with Gasteiger partial charge in [0.15, 0.2) is 5.41 Å². The number of methoxy groups -OCH3 is 3. The third-order valence-corrected chi connectivity index (χ3v) is 3.64. The highest BCUT2D eigenvalue weighted by molar-refractivity contribution is 6.00. The van der Waals surface area contributed by atoms with Crippen molar-refractivity contribution >= 4 is 11.9 Å². The molecule has 1 aromatic carbocycles. The molecule has 0 aromatic heterocycles. The van der Waals surface area contributed by atoms with Gasteiger partial charge in [-0.15, -0.1) is 6.58 Å². The summed E-state index contributed by atoms with van der Waals surface area (Å²) in [6.07, 6.45) is 2.34. The van der Waals surface area contributed by atoms with Crippen molar-refractivity contribution < 1.29 is 23.8 Å². The van der Waals surface area contributed by atoms with Gasteiger partial charge in [-0.25, -0.2) is 0 Å². The molecule has 0 aliphatic carbocycles. The monoisotopic (exact) mass is 330 g/mol. The van der Waals surface area contributed by atoms with Crippen molar-refractivity contribution in [2.75, 3.05) is 21.3 Å². The molecule has 5 nitrogen and oxygen atoms in total. The normalized spacial score (nSPS) is 10.1. The summed E-state index contributed by atoms with van der Waals surface area (Å²) < 4.78 is 14.7. The zero-order chi connectivity index (χ0) is 18.0. The zero-order valence-corrected chi connectivity index (χ0v) is 14.3. The Morgan fingerprint density at radius 1 is 1.12 bits per heavy atom. The number of rotatable bonds is 7. The van der Waals surface area contributed by atoms with Crippen LogP contribution in [0.4, 0.5) is 0 Å². The van der Waals surface area contributed by atoms with E-state index in [2.05, 4.69) is 18.4 Å². The van der Waals surface area contributed by atoms with Crippen LogP contribution in [0.5, 0.6) is 5.75 Å². The number of carbonyl (C=O) groups excluding carboxylic acids is 2. The van der Waals surface area contributed by atoms with Crippen LogP contribution in [-0.2, 0) is 19.1 Å². The van der Waals surface area contributed by atoms with Crippen molar-refractivity contribution in [2.45, 2.75) is 19.3 Å². The van der Waals surface area contributed by atoms with Gasteiger partial charge in [-0.3, -0.25) is 9.59 Å². The summed E-state index contributed by atoms with van der Waals surface area (Å²) in [6, 6.07) is 7.17. The van der Waals surface area contributed by atoms with E-state index in [0.717, 1.165) is 11.3 Å². The maximum absolute atomic E-state index is 12.2. The molecule has 0 saturated heterocycles. The molecule has 0 aliphatic rings. The predicted molar refractivity (Wildman–Crippen MR) is 90.4 cm³/mol. The van der Waals surface area contributed by atoms with E-state index in [-0.39, 0.29) is 12.8 Å². The van der Waals surface area contributed by atoms with E-state index in [1.54, 1.807) is 37.5 Å². The first-order valence-electron chi connectivity index (χ1n) is 7.44. The van der Waals surface area contributed by atoms with Crippen LogP contribution in [0.15, 0.2) is 36.9 Å². The number of esters is 2. The van der Waals surface area contributed by atoms with Gasteiger partial charge in [0.05, 0.1) is 21.3 Å². The molecule has 0 spiro atoms. The molecule has 0 atom stereocenters. The van der Waals surface area contributed by atoms with Gasteiger partial charge in [-0.1, -0.05) is 17.9 Å². The van der Waals surface area contributed by atoms with Gasteiger partial charge in [0, 0.05) is 12.0 Å². The first-order valence-corrected chi connectivity index (χ1v) is 7.44. The van der Waals surface area contributed by atoms with Gasteiger partial charge in [-0.2, -0.15) is 0 Å². The first-order chi connectivity index (χ1) is 11.5. The molecule has 1 aromatic rings. The second kappa shape index (κ2) is 9.41. The average Bonchev–Trinajstić information content (AvgIpc) is 2.63. The summed E-state index contributed by atoms with van der Waals surface area (Å²) in [4.78, 5) is 24.4. The van der Waals surface area contributed by atoms with Crippen LogP contribution >= 0.6 is 0 Å². The number of hydrogen-bond donors (Lipinski definition) is 0. The topological polar surface area (TPSA) is 61.8 Å². The fourth-order valence-corrected chi connectivity index (χ4v) is 2.23. The Morgan fingerprint density at radius 3 is 2.17 bits per heavy atom.